The summed E-state index contributed by atoms with van der Waals surface area (Å²) in [5.74, 6) is 0.972. The Morgan fingerprint density at radius 1 is 1.16 bits per heavy atom. The second kappa shape index (κ2) is 9.18. The molecule has 1 aliphatic rings. The van der Waals surface area contributed by atoms with E-state index in [2.05, 4.69) is 15.8 Å². The number of thiophene rings is 1. The van der Waals surface area contributed by atoms with Gasteiger partial charge in [0.05, 0.1) is 22.9 Å². The Labute approximate surface area is 184 Å². The summed E-state index contributed by atoms with van der Waals surface area (Å²) in [6.45, 7) is 4.23. The highest BCUT2D eigenvalue weighted by Crippen LogP contribution is 2.31. The SMILES string of the molecule is CCOc1ccccc1NC(=O)c1oc2c(c1C)/C(=N/NC(=O)c1cccs1)CCC2. The average Bonchev–Trinajstić information content (AvgIpc) is 3.42. The summed E-state index contributed by atoms with van der Waals surface area (Å²) in [7, 11) is 0. The molecule has 0 saturated heterocycles. The lowest BCUT2D eigenvalue weighted by molar-refractivity contribution is 0.0957. The number of para-hydroxylation sites is 2. The van der Waals surface area contributed by atoms with Crippen molar-refractivity contribution in [3.63, 3.8) is 0 Å². The summed E-state index contributed by atoms with van der Waals surface area (Å²) >= 11 is 1.36. The number of fused-ring (bicyclic) bond motifs is 1. The van der Waals surface area contributed by atoms with Crippen molar-refractivity contribution in [1.82, 2.24) is 5.43 Å². The fourth-order valence-corrected chi connectivity index (χ4v) is 4.22. The first-order valence-corrected chi connectivity index (χ1v) is 11.0. The van der Waals surface area contributed by atoms with Gasteiger partial charge in [-0.25, -0.2) is 5.43 Å². The lowest BCUT2D eigenvalue weighted by Crippen LogP contribution is -2.21. The van der Waals surface area contributed by atoms with Crippen molar-refractivity contribution < 1.29 is 18.7 Å². The van der Waals surface area contributed by atoms with Gasteiger partial charge < -0.3 is 14.5 Å². The molecule has 3 aromatic rings. The number of hydrazone groups is 1. The predicted octanol–water partition coefficient (Wildman–Crippen LogP) is 4.77. The normalized spacial score (nSPS) is 14.2. The molecule has 0 spiro atoms. The lowest BCUT2D eigenvalue weighted by atomic mass is 9.93. The van der Waals surface area contributed by atoms with Crippen molar-refractivity contribution in [2.75, 3.05) is 11.9 Å². The second-order valence-corrected chi connectivity index (χ2v) is 8.02. The van der Waals surface area contributed by atoms with Gasteiger partial charge in [0.25, 0.3) is 11.8 Å². The van der Waals surface area contributed by atoms with Crippen LogP contribution in [0.25, 0.3) is 0 Å². The van der Waals surface area contributed by atoms with Gasteiger partial charge in [-0.2, -0.15) is 5.10 Å². The molecule has 0 radical (unpaired) electrons. The molecule has 1 aromatic carbocycles. The standard InChI is InChI=1S/C23H23N3O4S/c1-3-29-17-10-5-4-8-15(17)24-23(28)21-14(2)20-16(9-6-11-18(20)30-21)25-26-22(27)19-12-7-13-31-19/h4-5,7-8,10,12-13H,3,6,9,11H2,1-2H3,(H,24,28)(H,26,27)/b25-16+. The van der Waals surface area contributed by atoms with Crippen LogP contribution in [0.2, 0.25) is 0 Å². The van der Waals surface area contributed by atoms with Gasteiger partial charge in [0.1, 0.15) is 11.5 Å². The highest BCUT2D eigenvalue weighted by atomic mass is 32.1. The molecule has 0 fully saturated rings. The van der Waals surface area contributed by atoms with E-state index in [-0.39, 0.29) is 17.6 Å². The maximum absolute atomic E-state index is 13.0. The van der Waals surface area contributed by atoms with Crippen LogP contribution in [-0.4, -0.2) is 24.1 Å². The largest absolute Gasteiger partial charge is 0.492 e. The Kier molecular flexibility index (Phi) is 6.18. The summed E-state index contributed by atoms with van der Waals surface area (Å²) in [6, 6.07) is 10.8. The molecule has 1 aliphatic carbocycles. The number of rotatable bonds is 6. The van der Waals surface area contributed by atoms with Crippen molar-refractivity contribution in [2.24, 2.45) is 5.10 Å². The fourth-order valence-electron chi connectivity index (χ4n) is 3.61. The Balaban J connectivity index is 1.57. The number of ether oxygens (including phenoxy) is 1. The van der Waals surface area contributed by atoms with E-state index < -0.39 is 0 Å². The van der Waals surface area contributed by atoms with Crippen LogP contribution in [0.15, 0.2) is 51.3 Å². The molecule has 8 heteroatoms. The Hall–Kier alpha value is -3.39. The Morgan fingerprint density at radius 3 is 2.77 bits per heavy atom. The van der Waals surface area contributed by atoms with Crippen molar-refractivity contribution in [3.8, 4) is 5.75 Å². The molecule has 0 atom stereocenters. The molecule has 2 heterocycles. The van der Waals surface area contributed by atoms with Crippen LogP contribution in [0, 0.1) is 6.92 Å². The highest BCUT2D eigenvalue weighted by Gasteiger charge is 2.28. The van der Waals surface area contributed by atoms with Crippen LogP contribution in [0.4, 0.5) is 5.69 Å². The summed E-state index contributed by atoms with van der Waals surface area (Å²) in [5, 5.41) is 9.07. The van der Waals surface area contributed by atoms with Gasteiger partial charge >= 0.3 is 0 Å². The van der Waals surface area contributed by atoms with Gasteiger partial charge in [0.15, 0.2) is 5.76 Å². The number of hydrogen-bond donors (Lipinski definition) is 2. The van der Waals surface area contributed by atoms with E-state index in [1.165, 1.54) is 11.3 Å². The zero-order valence-corrected chi connectivity index (χ0v) is 18.2. The van der Waals surface area contributed by atoms with Crippen LogP contribution >= 0.6 is 11.3 Å². The lowest BCUT2D eigenvalue weighted by Gasteiger charge is -2.13. The number of hydrogen-bond acceptors (Lipinski definition) is 6. The molecular weight excluding hydrogens is 414 g/mol. The van der Waals surface area contributed by atoms with Gasteiger partial charge in [0.2, 0.25) is 0 Å². The number of nitrogens with zero attached hydrogens (tertiary/aromatic N) is 1. The third-order valence-corrected chi connectivity index (χ3v) is 5.87. The number of amides is 2. The Bertz CT molecular complexity index is 1130. The van der Waals surface area contributed by atoms with Crippen molar-refractivity contribution >= 4 is 34.6 Å². The van der Waals surface area contributed by atoms with E-state index in [1.807, 2.05) is 37.4 Å². The van der Waals surface area contributed by atoms with Crippen molar-refractivity contribution in [1.29, 1.82) is 0 Å². The van der Waals surface area contributed by atoms with E-state index in [1.54, 1.807) is 18.2 Å². The van der Waals surface area contributed by atoms with E-state index in [4.69, 9.17) is 9.15 Å². The fraction of sp³-hybridized carbons (Fsp3) is 0.261. The molecule has 0 saturated carbocycles. The first-order valence-electron chi connectivity index (χ1n) is 10.1. The number of nitrogens with one attached hydrogen (secondary N) is 2. The van der Waals surface area contributed by atoms with Crippen LogP contribution in [0.3, 0.4) is 0 Å². The van der Waals surface area contributed by atoms with Gasteiger partial charge in [0, 0.05) is 17.5 Å². The van der Waals surface area contributed by atoms with Gasteiger partial charge in [-0.15, -0.1) is 11.3 Å². The molecule has 4 rings (SSSR count). The second-order valence-electron chi connectivity index (χ2n) is 7.07. The number of benzene rings is 1. The number of carbonyl (C=O) groups is 2. The summed E-state index contributed by atoms with van der Waals surface area (Å²) in [6.07, 6.45) is 2.26. The minimum absolute atomic E-state index is 0.246. The first kappa shape index (κ1) is 20.9. The zero-order chi connectivity index (χ0) is 21.8. The molecular formula is C23H23N3O4S. The van der Waals surface area contributed by atoms with E-state index in [0.717, 1.165) is 29.9 Å². The highest BCUT2D eigenvalue weighted by molar-refractivity contribution is 7.12. The van der Waals surface area contributed by atoms with Crippen LogP contribution < -0.4 is 15.5 Å². The molecule has 2 amide bonds. The quantitative estimate of drug-likeness (QED) is 0.543. The smallest absolute Gasteiger partial charge is 0.291 e. The van der Waals surface area contributed by atoms with Gasteiger partial charge in [-0.05, 0) is 50.3 Å². The minimum Gasteiger partial charge on any atom is -0.492 e. The topological polar surface area (TPSA) is 92.9 Å². The van der Waals surface area contributed by atoms with E-state index in [9.17, 15) is 9.59 Å². The summed E-state index contributed by atoms with van der Waals surface area (Å²) in [5.41, 5.74) is 5.45. The van der Waals surface area contributed by atoms with Gasteiger partial charge in [-0.1, -0.05) is 18.2 Å². The molecule has 2 N–H and O–H groups in total. The van der Waals surface area contributed by atoms with Crippen LogP contribution in [0.5, 0.6) is 5.75 Å². The number of aryl methyl sites for hydroxylation is 1. The van der Waals surface area contributed by atoms with Crippen molar-refractivity contribution in [3.05, 3.63) is 69.3 Å². The minimum atomic E-state index is -0.346. The maximum Gasteiger partial charge on any atom is 0.291 e. The van der Waals surface area contributed by atoms with E-state index in [0.29, 0.717) is 34.9 Å². The molecule has 0 aliphatic heterocycles. The molecule has 31 heavy (non-hydrogen) atoms. The number of anilines is 1. The average molecular weight is 438 g/mol. The maximum atomic E-state index is 13.0. The summed E-state index contributed by atoms with van der Waals surface area (Å²) < 4.78 is 11.5. The molecule has 160 valence electrons. The molecule has 0 unspecified atom stereocenters. The molecule has 7 nitrogen and oxygen atoms in total. The predicted molar refractivity (Wildman–Crippen MR) is 120 cm³/mol. The zero-order valence-electron chi connectivity index (χ0n) is 17.4. The van der Waals surface area contributed by atoms with Crippen molar-refractivity contribution in [2.45, 2.75) is 33.1 Å². The Morgan fingerprint density at radius 2 is 2.00 bits per heavy atom. The third kappa shape index (κ3) is 4.39. The first-order chi connectivity index (χ1) is 15.1. The third-order valence-electron chi connectivity index (χ3n) is 5.00. The van der Waals surface area contributed by atoms with E-state index >= 15 is 0 Å². The molecule has 2 aromatic heterocycles. The van der Waals surface area contributed by atoms with Crippen LogP contribution in [0.1, 0.15) is 56.9 Å². The van der Waals surface area contributed by atoms with Crippen LogP contribution in [-0.2, 0) is 6.42 Å². The van der Waals surface area contributed by atoms with Gasteiger partial charge in [-0.3, -0.25) is 9.59 Å². The number of furan rings is 1. The number of carbonyl (C=O) groups excluding carboxylic acids is 2. The summed E-state index contributed by atoms with van der Waals surface area (Å²) in [4.78, 5) is 25.8. The molecule has 0 bridgehead atoms. The monoisotopic (exact) mass is 437 g/mol.